The Morgan fingerprint density at radius 3 is 2.47 bits per heavy atom. The standard InChI is InChI=1S/C27H27N7O4/c1-4-38-24-15-22(23(17-34(24)35)27(36-2)37-3)26-28-13-14-33(26)16-18-9-11-19(12-10-18)20-7-5-6-8-21(20)25-29-31-32-30-25/h5-15,17,27H,4,16H2,1-3H3,(H,29,30,31,32). The summed E-state index contributed by atoms with van der Waals surface area (Å²) in [6.45, 7) is 2.74. The Kier molecular flexibility index (Phi) is 7.38. The number of pyridine rings is 1. The molecule has 0 unspecified atom stereocenters. The molecule has 0 aliphatic rings. The van der Waals surface area contributed by atoms with E-state index in [1.54, 1.807) is 12.3 Å². The molecule has 5 rings (SSSR count). The Bertz CT molecular complexity index is 1500. The van der Waals surface area contributed by atoms with Crippen molar-refractivity contribution < 1.29 is 18.9 Å². The van der Waals surface area contributed by atoms with Crippen LogP contribution in [0, 0.1) is 5.21 Å². The first-order valence-corrected chi connectivity index (χ1v) is 12.0. The van der Waals surface area contributed by atoms with Gasteiger partial charge >= 0.3 is 5.88 Å². The van der Waals surface area contributed by atoms with Gasteiger partial charge in [-0.25, -0.2) is 4.98 Å². The number of rotatable bonds is 10. The summed E-state index contributed by atoms with van der Waals surface area (Å²) in [5, 5.41) is 27.0. The Balaban J connectivity index is 1.47. The van der Waals surface area contributed by atoms with Gasteiger partial charge in [0, 0.05) is 44.3 Å². The Morgan fingerprint density at radius 1 is 1.03 bits per heavy atom. The molecule has 38 heavy (non-hydrogen) atoms. The molecule has 2 aromatic carbocycles. The van der Waals surface area contributed by atoms with Crippen LogP contribution in [0.5, 0.6) is 5.88 Å². The molecule has 0 aliphatic heterocycles. The van der Waals surface area contributed by atoms with Crippen LogP contribution in [0.3, 0.4) is 0 Å². The number of nitrogens with one attached hydrogen (secondary N) is 1. The number of benzene rings is 2. The lowest BCUT2D eigenvalue weighted by Crippen LogP contribution is -2.30. The van der Waals surface area contributed by atoms with Crippen molar-refractivity contribution in [3.63, 3.8) is 0 Å². The minimum Gasteiger partial charge on any atom is -0.616 e. The molecule has 0 radical (unpaired) electrons. The van der Waals surface area contributed by atoms with Crippen molar-refractivity contribution >= 4 is 0 Å². The van der Waals surface area contributed by atoms with Gasteiger partial charge in [-0.15, -0.1) is 14.9 Å². The fourth-order valence-corrected chi connectivity index (χ4v) is 4.39. The van der Waals surface area contributed by atoms with E-state index >= 15 is 0 Å². The van der Waals surface area contributed by atoms with Crippen molar-refractivity contribution in [2.24, 2.45) is 0 Å². The van der Waals surface area contributed by atoms with Gasteiger partial charge in [0.1, 0.15) is 5.82 Å². The molecular formula is C27H27N7O4. The third-order valence-electron chi connectivity index (χ3n) is 6.11. The second-order valence-electron chi connectivity index (χ2n) is 8.40. The fourth-order valence-electron chi connectivity index (χ4n) is 4.39. The van der Waals surface area contributed by atoms with Crippen LogP contribution in [0.2, 0.25) is 0 Å². The lowest BCUT2D eigenvalue weighted by molar-refractivity contribution is -0.613. The van der Waals surface area contributed by atoms with Gasteiger partial charge in [-0.3, -0.25) is 0 Å². The van der Waals surface area contributed by atoms with Crippen LogP contribution >= 0.6 is 0 Å². The van der Waals surface area contributed by atoms with Gasteiger partial charge in [-0.1, -0.05) is 48.5 Å². The maximum Gasteiger partial charge on any atom is 0.380 e. The summed E-state index contributed by atoms with van der Waals surface area (Å²) in [6.07, 6.45) is 4.28. The molecule has 11 nitrogen and oxygen atoms in total. The van der Waals surface area contributed by atoms with Gasteiger partial charge in [-0.05, 0) is 28.8 Å². The summed E-state index contributed by atoms with van der Waals surface area (Å²) >= 11 is 0. The number of methoxy groups -OCH3 is 2. The first-order chi connectivity index (χ1) is 18.6. The summed E-state index contributed by atoms with van der Waals surface area (Å²) in [4.78, 5) is 4.59. The molecular weight excluding hydrogens is 486 g/mol. The van der Waals surface area contributed by atoms with Crippen LogP contribution in [0.1, 0.15) is 24.3 Å². The minimum absolute atomic E-state index is 0.177. The van der Waals surface area contributed by atoms with Crippen LogP contribution in [-0.4, -0.2) is 51.0 Å². The normalized spacial score (nSPS) is 11.3. The van der Waals surface area contributed by atoms with E-state index in [9.17, 15) is 5.21 Å². The first-order valence-electron chi connectivity index (χ1n) is 12.0. The van der Waals surface area contributed by atoms with Crippen molar-refractivity contribution in [1.29, 1.82) is 0 Å². The highest BCUT2D eigenvalue weighted by Gasteiger charge is 2.25. The van der Waals surface area contributed by atoms with Crippen molar-refractivity contribution in [2.45, 2.75) is 19.8 Å². The smallest absolute Gasteiger partial charge is 0.380 e. The Morgan fingerprint density at radius 2 is 1.79 bits per heavy atom. The molecule has 3 heterocycles. The van der Waals surface area contributed by atoms with Gasteiger partial charge in [0.25, 0.3) is 0 Å². The van der Waals surface area contributed by atoms with Gasteiger partial charge in [0.05, 0.1) is 18.2 Å². The molecule has 0 spiro atoms. The molecule has 194 valence electrons. The molecule has 11 heteroatoms. The molecule has 0 amide bonds. The van der Waals surface area contributed by atoms with E-state index in [2.05, 4.69) is 49.9 Å². The number of H-pyrrole nitrogens is 1. The SMILES string of the molecule is CCOc1cc(-c2nccn2Cc2ccc(-c3ccccc3-c3nn[nH]n3)cc2)c(C(OC)OC)c[n+]1[O-]. The summed E-state index contributed by atoms with van der Waals surface area (Å²) in [5.41, 5.74) is 5.25. The fraction of sp³-hybridized carbons (Fsp3) is 0.222. The topological polar surface area (TPSA) is 127 Å². The number of aromatic nitrogens is 7. The minimum atomic E-state index is -0.746. The average molecular weight is 514 g/mol. The van der Waals surface area contributed by atoms with Gasteiger partial charge in [-0.2, -0.15) is 5.21 Å². The van der Waals surface area contributed by atoms with E-state index in [4.69, 9.17) is 14.2 Å². The predicted molar refractivity (Wildman–Crippen MR) is 139 cm³/mol. The molecule has 0 saturated heterocycles. The predicted octanol–water partition coefficient (Wildman–Crippen LogP) is 3.77. The largest absolute Gasteiger partial charge is 0.616 e. The van der Waals surface area contributed by atoms with E-state index in [0.29, 0.717) is 40.7 Å². The summed E-state index contributed by atoms with van der Waals surface area (Å²) in [5.74, 6) is 1.38. The maximum atomic E-state index is 12.6. The van der Waals surface area contributed by atoms with Crippen molar-refractivity contribution in [2.75, 3.05) is 20.8 Å². The monoisotopic (exact) mass is 513 g/mol. The molecule has 5 aromatic rings. The highest BCUT2D eigenvalue weighted by atomic mass is 16.7. The molecule has 0 bridgehead atoms. The van der Waals surface area contributed by atoms with Crippen LogP contribution in [-0.2, 0) is 16.0 Å². The van der Waals surface area contributed by atoms with Crippen LogP contribution in [0.25, 0.3) is 33.9 Å². The van der Waals surface area contributed by atoms with Crippen LogP contribution in [0.15, 0.2) is 73.2 Å². The molecule has 0 atom stereocenters. The average Bonchev–Trinajstić information content (AvgIpc) is 3.64. The van der Waals surface area contributed by atoms with Crippen molar-refractivity contribution in [3.05, 3.63) is 89.5 Å². The highest BCUT2D eigenvalue weighted by molar-refractivity contribution is 5.80. The molecule has 3 aromatic heterocycles. The lowest BCUT2D eigenvalue weighted by atomic mass is 9.98. The number of tetrazole rings is 1. The maximum absolute atomic E-state index is 12.6. The number of hydrogen-bond acceptors (Lipinski definition) is 8. The zero-order valence-electron chi connectivity index (χ0n) is 21.2. The Labute approximate surface area is 219 Å². The third kappa shape index (κ3) is 4.97. The van der Waals surface area contributed by atoms with E-state index in [-0.39, 0.29) is 5.88 Å². The first kappa shape index (κ1) is 25.1. The number of nitrogens with zero attached hydrogens (tertiary/aromatic N) is 6. The van der Waals surface area contributed by atoms with Gasteiger partial charge in [0.2, 0.25) is 5.82 Å². The summed E-state index contributed by atoms with van der Waals surface area (Å²) in [6, 6.07) is 17.9. The second kappa shape index (κ2) is 11.2. The molecule has 0 saturated carbocycles. The molecule has 0 aliphatic carbocycles. The quantitative estimate of drug-likeness (QED) is 0.170. The highest BCUT2D eigenvalue weighted by Crippen LogP contribution is 2.32. The zero-order chi connectivity index (χ0) is 26.5. The summed E-state index contributed by atoms with van der Waals surface area (Å²) in [7, 11) is 3.04. The van der Waals surface area contributed by atoms with E-state index in [1.165, 1.54) is 20.4 Å². The number of imidazole rings is 1. The van der Waals surface area contributed by atoms with E-state index in [1.807, 2.05) is 42.0 Å². The third-order valence-corrected chi connectivity index (χ3v) is 6.11. The molecule has 0 fully saturated rings. The summed E-state index contributed by atoms with van der Waals surface area (Å²) < 4.78 is 19.1. The Hall–Kier alpha value is -4.61. The molecule has 1 N–H and O–H groups in total. The zero-order valence-corrected chi connectivity index (χ0v) is 21.2. The van der Waals surface area contributed by atoms with Gasteiger partial charge in [0.15, 0.2) is 12.5 Å². The van der Waals surface area contributed by atoms with E-state index < -0.39 is 6.29 Å². The van der Waals surface area contributed by atoms with Crippen molar-refractivity contribution in [1.82, 2.24) is 30.2 Å². The van der Waals surface area contributed by atoms with Crippen LogP contribution in [0.4, 0.5) is 0 Å². The second-order valence-corrected chi connectivity index (χ2v) is 8.40. The van der Waals surface area contributed by atoms with Crippen molar-refractivity contribution in [3.8, 4) is 39.8 Å². The number of ether oxygens (including phenoxy) is 3. The number of hydrogen-bond donors (Lipinski definition) is 1. The lowest BCUT2D eigenvalue weighted by Gasteiger charge is -2.18. The number of aromatic amines is 1. The van der Waals surface area contributed by atoms with Gasteiger partial charge < -0.3 is 24.0 Å². The van der Waals surface area contributed by atoms with E-state index in [0.717, 1.165) is 22.3 Å². The van der Waals surface area contributed by atoms with Crippen LogP contribution < -0.4 is 9.47 Å².